The van der Waals surface area contributed by atoms with E-state index in [2.05, 4.69) is 31.0 Å². The molecular weight excluding hydrogens is 262 g/mol. The molecule has 0 bridgehead atoms. The number of hydrogen-bond donors (Lipinski definition) is 2. The van der Waals surface area contributed by atoms with Gasteiger partial charge in [0.05, 0.1) is 5.54 Å². The molecule has 1 unspecified atom stereocenters. The smallest absolute Gasteiger partial charge is 0.237 e. The van der Waals surface area contributed by atoms with Crippen molar-refractivity contribution in [3.8, 4) is 0 Å². The van der Waals surface area contributed by atoms with Crippen LogP contribution < -0.4 is 11.1 Å². The molecule has 0 spiro atoms. The molecule has 4 heteroatoms. The van der Waals surface area contributed by atoms with E-state index >= 15 is 0 Å². The number of primary amides is 1. The van der Waals surface area contributed by atoms with E-state index in [9.17, 15) is 4.79 Å². The SMILES string of the molecule is CCCNC(C)(CCN1CCC(CC)(CC)CC1)C(N)=O. The minimum Gasteiger partial charge on any atom is -0.368 e. The molecule has 0 aromatic carbocycles. The first-order valence-corrected chi connectivity index (χ1v) is 8.68. The second-order valence-electron chi connectivity index (χ2n) is 6.92. The second-order valence-corrected chi connectivity index (χ2v) is 6.92. The van der Waals surface area contributed by atoms with Gasteiger partial charge in [0.1, 0.15) is 0 Å². The quantitative estimate of drug-likeness (QED) is 0.687. The molecule has 0 saturated carbocycles. The maximum absolute atomic E-state index is 11.7. The van der Waals surface area contributed by atoms with Crippen molar-refractivity contribution in [1.82, 2.24) is 10.2 Å². The maximum Gasteiger partial charge on any atom is 0.237 e. The lowest BCUT2D eigenvalue weighted by atomic mass is 9.74. The molecule has 124 valence electrons. The van der Waals surface area contributed by atoms with Gasteiger partial charge in [0.15, 0.2) is 0 Å². The van der Waals surface area contributed by atoms with Crippen LogP contribution in [0.15, 0.2) is 0 Å². The highest BCUT2D eigenvalue weighted by Gasteiger charge is 2.34. The average Bonchev–Trinajstić information content (AvgIpc) is 2.51. The van der Waals surface area contributed by atoms with Crippen molar-refractivity contribution in [3.63, 3.8) is 0 Å². The van der Waals surface area contributed by atoms with Gasteiger partial charge in [0.25, 0.3) is 0 Å². The number of nitrogens with zero attached hydrogens (tertiary/aromatic N) is 1. The summed E-state index contributed by atoms with van der Waals surface area (Å²) in [5.41, 5.74) is 5.58. The van der Waals surface area contributed by atoms with Gasteiger partial charge in [0.2, 0.25) is 5.91 Å². The van der Waals surface area contributed by atoms with Gasteiger partial charge in [-0.05, 0) is 57.7 Å². The van der Waals surface area contributed by atoms with E-state index < -0.39 is 5.54 Å². The fraction of sp³-hybridized carbons (Fsp3) is 0.941. The summed E-state index contributed by atoms with van der Waals surface area (Å²) < 4.78 is 0. The van der Waals surface area contributed by atoms with Crippen molar-refractivity contribution < 1.29 is 4.79 Å². The molecule has 0 aromatic heterocycles. The number of likely N-dealkylation sites (tertiary alicyclic amines) is 1. The summed E-state index contributed by atoms with van der Waals surface area (Å²) in [6.45, 7) is 12.8. The molecule has 0 radical (unpaired) electrons. The highest BCUT2D eigenvalue weighted by molar-refractivity contribution is 5.84. The Bertz CT molecular complexity index is 318. The average molecular weight is 297 g/mol. The van der Waals surface area contributed by atoms with Crippen molar-refractivity contribution in [3.05, 3.63) is 0 Å². The van der Waals surface area contributed by atoms with E-state index in [1.54, 1.807) is 0 Å². The van der Waals surface area contributed by atoms with Crippen LogP contribution in [0.3, 0.4) is 0 Å². The summed E-state index contributed by atoms with van der Waals surface area (Å²) in [4.78, 5) is 14.2. The lowest BCUT2D eigenvalue weighted by Crippen LogP contribution is -2.55. The van der Waals surface area contributed by atoms with Gasteiger partial charge in [0, 0.05) is 6.54 Å². The Kier molecular flexibility index (Phi) is 7.14. The van der Waals surface area contributed by atoms with E-state index in [4.69, 9.17) is 5.73 Å². The lowest BCUT2D eigenvalue weighted by molar-refractivity contribution is -0.124. The van der Waals surface area contributed by atoms with E-state index in [1.807, 2.05) is 6.92 Å². The van der Waals surface area contributed by atoms with Gasteiger partial charge in [-0.3, -0.25) is 4.79 Å². The highest BCUT2D eigenvalue weighted by atomic mass is 16.1. The van der Waals surface area contributed by atoms with Gasteiger partial charge in [-0.2, -0.15) is 0 Å². The van der Waals surface area contributed by atoms with E-state index in [-0.39, 0.29) is 5.91 Å². The predicted octanol–water partition coefficient (Wildman–Crippen LogP) is 2.52. The first kappa shape index (κ1) is 18.4. The van der Waals surface area contributed by atoms with Crippen LogP contribution in [0.5, 0.6) is 0 Å². The third kappa shape index (κ3) is 4.96. The summed E-state index contributed by atoms with van der Waals surface area (Å²) >= 11 is 0. The molecule has 1 aliphatic rings. The van der Waals surface area contributed by atoms with Gasteiger partial charge in [-0.25, -0.2) is 0 Å². The van der Waals surface area contributed by atoms with Crippen molar-refractivity contribution in [1.29, 1.82) is 0 Å². The standard InChI is InChI=1S/C17H35N3O/c1-5-11-19-16(4,15(18)21)8-12-20-13-9-17(6-2,7-3)10-14-20/h19H,5-14H2,1-4H3,(H2,18,21). The third-order valence-corrected chi connectivity index (χ3v) is 5.65. The van der Waals surface area contributed by atoms with Gasteiger partial charge >= 0.3 is 0 Å². The molecule has 4 nitrogen and oxygen atoms in total. The Balaban J connectivity index is 2.46. The van der Waals surface area contributed by atoms with E-state index in [1.165, 1.54) is 25.7 Å². The van der Waals surface area contributed by atoms with Gasteiger partial charge in [-0.1, -0.05) is 33.6 Å². The Morgan fingerprint density at radius 2 is 1.81 bits per heavy atom. The van der Waals surface area contributed by atoms with Crippen LogP contribution in [-0.4, -0.2) is 42.5 Å². The van der Waals surface area contributed by atoms with Crippen LogP contribution in [0.1, 0.15) is 66.2 Å². The molecule has 1 saturated heterocycles. The number of nitrogens with two attached hydrogens (primary N) is 1. The molecule has 1 atom stereocenters. The molecule has 0 aromatic rings. The number of hydrogen-bond acceptors (Lipinski definition) is 3. The molecule has 21 heavy (non-hydrogen) atoms. The summed E-state index contributed by atoms with van der Waals surface area (Å²) in [5, 5.41) is 3.32. The van der Waals surface area contributed by atoms with Crippen LogP contribution in [0.25, 0.3) is 0 Å². The fourth-order valence-electron chi connectivity index (χ4n) is 3.29. The van der Waals surface area contributed by atoms with Crippen molar-refractivity contribution in [2.75, 3.05) is 26.2 Å². The summed E-state index contributed by atoms with van der Waals surface area (Å²) in [6, 6.07) is 0. The predicted molar refractivity (Wildman–Crippen MR) is 89.2 cm³/mol. The molecule has 1 amide bonds. The summed E-state index contributed by atoms with van der Waals surface area (Å²) in [6.07, 6.45) is 6.96. The topological polar surface area (TPSA) is 58.4 Å². The van der Waals surface area contributed by atoms with Crippen LogP contribution >= 0.6 is 0 Å². The number of nitrogens with one attached hydrogen (secondary N) is 1. The molecule has 1 fully saturated rings. The number of carbonyl (C=O) groups is 1. The van der Waals surface area contributed by atoms with E-state index in [0.29, 0.717) is 5.41 Å². The zero-order valence-electron chi connectivity index (χ0n) is 14.5. The number of piperidine rings is 1. The maximum atomic E-state index is 11.7. The van der Waals surface area contributed by atoms with Crippen molar-refractivity contribution >= 4 is 5.91 Å². The zero-order valence-corrected chi connectivity index (χ0v) is 14.5. The van der Waals surface area contributed by atoms with E-state index in [0.717, 1.165) is 39.0 Å². The molecule has 1 heterocycles. The van der Waals surface area contributed by atoms with Crippen molar-refractivity contribution in [2.45, 2.75) is 71.8 Å². The van der Waals surface area contributed by atoms with Crippen LogP contribution in [0.2, 0.25) is 0 Å². The van der Waals surface area contributed by atoms with Crippen LogP contribution in [0, 0.1) is 5.41 Å². The Morgan fingerprint density at radius 1 is 1.24 bits per heavy atom. The van der Waals surface area contributed by atoms with Gasteiger partial charge < -0.3 is 16.0 Å². The third-order valence-electron chi connectivity index (χ3n) is 5.65. The molecule has 1 rings (SSSR count). The number of rotatable bonds is 9. The molecular formula is C17H35N3O. The number of amides is 1. The monoisotopic (exact) mass is 297 g/mol. The largest absolute Gasteiger partial charge is 0.368 e. The Labute approximate surface area is 130 Å². The fourth-order valence-corrected chi connectivity index (χ4v) is 3.29. The highest BCUT2D eigenvalue weighted by Crippen LogP contribution is 2.37. The normalized spacial score (nSPS) is 21.9. The second kappa shape index (κ2) is 8.14. The minimum absolute atomic E-state index is 0.232. The summed E-state index contributed by atoms with van der Waals surface area (Å²) in [7, 11) is 0. The molecule has 3 N–H and O–H groups in total. The zero-order chi connectivity index (χ0) is 15.9. The molecule has 1 aliphatic heterocycles. The lowest BCUT2D eigenvalue weighted by Gasteiger charge is -2.42. The molecule has 0 aliphatic carbocycles. The van der Waals surface area contributed by atoms with Crippen molar-refractivity contribution in [2.24, 2.45) is 11.1 Å². The first-order valence-electron chi connectivity index (χ1n) is 8.68. The Morgan fingerprint density at radius 3 is 2.24 bits per heavy atom. The minimum atomic E-state index is -0.569. The van der Waals surface area contributed by atoms with Gasteiger partial charge in [-0.15, -0.1) is 0 Å². The first-order chi connectivity index (χ1) is 9.91. The Hall–Kier alpha value is -0.610. The summed E-state index contributed by atoms with van der Waals surface area (Å²) in [5.74, 6) is -0.232. The van der Waals surface area contributed by atoms with Crippen LogP contribution in [0.4, 0.5) is 0 Å². The number of carbonyl (C=O) groups excluding carboxylic acids is 1. The van der Waals surface area contributed by atoms with Crippen LogP contribution in [-0.2, 0) is 4.79 Å².